The molecule has 0 aliphatic heterocycles. The van der Waals surface area contributed by atoms with Gasteiger partial charge in [-0.2, -0.15) is 10.1 Å². The topological polar surface area (TPSA) is 83.8 Å². The van der Waals surface area contributed by atoms with E-state index < -0.39 is 0 Å². The molecule has 3 aromatic heterocycles. The number of aryl methyl sites for hydroxylation is 1. The zero-order chi connectivity index (χ0) is 18.4. The summed E-state index contributed by atoms with van der Waals surface area (Å²) in [5, 5.41) is 14.9. The third-order valence-electron chi connectivity index (χ3n) is 4.93. The highest BCUT2D eigenvalue weighted by atomic mass is 15.4. The van der Waals surface area contributed by atoms with Crippen molar-refractivity contribution in [2.45, 2.75) is 6.92 Å². The number of H-pyrrole nitrogens is 1. The van der Waals surface area contributed by atoms with Gasteiger partial charge in [0.15, 0.2) is 5.65 Å². The molecule has 0 fully saturated rings. The molecule has 7 heteroatoms. The van der Waals surface area contributed by atoms with Crippen molar-refractivity contribution in [1.29, 1.82) is 0 Å². The first-order chi connectivity index (χ1) is 13.2. The maximum absolute atomic E-state index is 4.47. The minimum absolute atomic E-state index is 0.350. The van der Waals surface area contributed by atoms with Gasteiger partial charge in [-0.15, -0.1) is 10.2 Å². The first kappa shape index (κ1) is 15.5. The summed E-state index contributed by atoms with van der Waals surface area (Å²) in [6.07, 6.45) is 1.80. The van der Waals surface area contributed by atoms with Crippen molar-refractivity contribution in [3.8, 4) is 0 Å². The van der Waals surface area contributed by atoms with Gasteiger partial charge in [0.2, 0.25) is 0 Å². The molecule has 7 nitrogen and oxygen atoms in total. The maximum atomic E-state index is 4.47. The lowest BCUT2D eigenvalue weighted by atomic mass is 10.1. The lowest BCUT2D eigenvalue weighted by Crippen LogP contribution is -1.99. The molecular weight excluding hydrogens is 338 g/mol. The molecule has 132 valence electrons. The van der Waals surface area contributed by atoms with Crippen molar-refractivity contribution in [2.75, 3.05) is 5.43 Å². The predicted octanol–water partition coefficient (Wildman–Crippen LogP) is 3.75. The van der Waals surface area contributed by atoms with Crippen LogP contribution in [-0.4, -0.2) is 30.9 Å². The normalized spacial score (nSPS) is 11.9. The Kier molecular flexibility index (Phi) is 3.39. The monoisotopic (exact) mass is 355 g/mol. The lowest BCUT2D eigenvalue weighted by molar-refractivity contribution is 0.916. The molecule has 5 aromatic rings. The van der Waals surface area contributed by atoms with Gasteiger partial charge in [-0.05, 0) is 19.1 Å². The van der Waals surface area contributed by atoms with E-state index in [0.29, 0.717) is 11.6 Å². The minimum atomic E-state index is 0.350. The van der Waals surface area contributed by atoms with Gasteiger partial charge in [0.1, 0.15) is 5.52 Å². The summed E-state index contributed by atoms with van der Waals surface area (Å²) in [7, 11) is 2.05. The van der Waals surface area contributed by atoms with Crippen LogP contribution < -0.4 is 5.43 Å². The van der Waals surface area contributed by atoms with Crippen molar-refractivity contribution in [2.24, 2.45) is 12.1 Å². The van der Waals surface area contributed by atoms with Crippen molar-refractivity contribution in [3.05, 3.63) is 59.8 Å². The van der Waals surface area contributed by atoms with Crippen molar-refractivity contribution in [1.82, 2.24) is 24.7 Å². The number of aromatic amines is 1. The fourth-order valence-corrected chi connectivity index (χ4v) is 3.44. The summed E-state index contributed by atoms with van der Waals surface area (Å²) in [6.45, 7) is 2.08. The number of anilines is 1. The number of benzene rings is 2. The van der Waals surface area contributed by atoms with E-state index >= 15 is 0 Å². The largest absolute Gasteiger partial charge is 0.347 e. The van der Waals surface area contributed by atoms with Crippen LogP contribution in [0.15, 0.2) is 53.6 Å². The summed E-state index contributed by atoms with van der Waals surface area (Å²) >= 11 is 0. The number of aromatic nitrogens is 5. The molecule has 0 bridgehead atoms. The number of nitrogens with zero attached hydrogens (tertiary/aromatic N) is 5. The third-order valence-corrected chi connectivity index (χ3v) is 4.93. The van der Waals surface area contributed by atoms with Crippen molar-refractivity contribution in [3.63, 3.8) is 0 Å². The summed E-state index contributed by atoms with van der Waals surface area (Å²) in [5.41, 5.74) is 8.70. The standard InChI is InChI=1S/C20H17N7/c1-12-15(13-7-4-6-10-17(13)27(12)2)11-21-25-20-23-19-18(24-26-20)14-8-3-5-9-16(14)22-19/h3-11H,1-2H3,(H2,22,23,25,26)/b21-11+. The Labute approximate surface area is 154 Å². The first-order valence-electron chi connectivity index (χ1n) is 8.66. The minimum Gasteiger partial charge on any atom is -0.347 e. The molecule has 2 N–H and O–H groups in total. The van der Waals surface area contributed by atoms with E-state index in [1.807, 2.05) is 36.4 Å². The highest BCUT2D eigenvalue weighted by Gasteiger charge is 2.10. The first-order valence-corrected chi connectivity index (χ1v) is 8.66. The molecule has 5 rings (SSSR count). The van der Waals surface area contributed by atoms with Gasteiger partial charge in [-0.3, -0.25) is 0 Å². The number of hydrogen-bond donors (Lipinski definition) is 2. The van der Waals surface area contributed by atoms with Crippen LogP contribution >= 0.6 is 0 Å². The van der Waals surface area contributed by atoms with E-state index in [9.17, 15) is 0 Å². The van der Waals surface area contributed by atoms with Crippen LogP contribution in [0.2, 0.25) is 0 Å². The summed E-state index contributed by atoms with van der Waals surface area (Å²) in [4.78, 5) is 7.73. The summed E-state index contributed by atoms with van der Waals surface area (Å²) in [6, 6.07) is 16.2. The predicted molar refractivity (Wildman–Crippen MR) is 108 cm³/mol. The molecule has 0 saturated carbocycles. The molecule has 0 atom stereocenters. The highest BCUT2D eigenvalue weighted by Crippen LogP contribution is 2.24. The number of hydrazone groups is 1. The second-order valence-electron chi connectivity index (χ2n) is 6.45. The van der Waals surface area contributed by atoms with Crippen LogP contribution in [0.3, 0.4) is 0 Å². The molecule has 27 heavy (non-hydrogen) atoms. The Morgan fingerprint density at radius 1 is 1.04 bits per heavy atom. The van der Waals surface area contributed by atoms with Gasteiger partial charge in [0.05, 0.1) is 6.21 Å². The molecule has 0 unspecified atom stereocenters. The molecule has 2 aromatic carbocycles. The van der Waals surface area contributed by atoms with Gasteiger partial charge in [-0.1, -0.05) is 36.4 Å². The number of rotatable bonds is 3. The maximum Gasteiger partial charge on any atom is 0.265 e. The zero-order valence-corrected chi connectivity index (χ0v) is 14.9. The number of hydrogen-bond acceptors (Lipinski definition) is 5. The Balaban J connectivity index is 1.48. The average Bonchev–Trinajstić information content (AvgIpc) is 3.18. The van der Waals surface area contributed by atoms with E-state index in [0.717, 1.165) is 33.1 Å². The SMILES string of the molecule is Cc1c(/C=N/Nc2nnc3c(n2)[nH]c2ccccc23)c2ccccc2n1C. The second kappa shape index (κ2) is 5.91. The molecule has 3 heterocycles. The van der Waals surface area contributed by atoms with E-state index in [1.165, 1.54) is 5.52 Å². The van der Waals surface area contributed by atoms with Crippen LogP contribution in [0.4, 0.5) is 5.95 Å². The molecular formula is C20H17N7. The Morgan fingerprint density at radius 3 is 2.70 bits per heavy atom. The van der Waals surface area contributed by atoms with Crippen LogP contribution in [0.5, 0.6) is 0 Å². The smallest absolute Gasteiger partial charge is 0.265 e. The van der Waals surface area contributed by atoms with Gasteiger partial charge in [0.25, 0.3) is 5.95 Å². The Morgan fingerprint density at radius 2 is 1.81 bits per heavy atom. The third kappa shape index (κ3) is 2.43. The van der Waals surface area contributed by atoms with Gasteiger partial charge in [0, 0.05) is 40.1 Å². The second-order valence-corrected chi connectivity index (χ2v) is 6.45. The van der Waals surface area contributed by atoms with Gasteiger partial charge in [-0.25, -0.2) is 5.43 Å². The van der Waals surface area contributed by atoms with Crippen LogP contribution in [0, 0.1) is 6.92 Å². The number of nitrogens with one attached hydrogen (secondary N) is 2. The van der Waals surface area contributed by atoms with Crippen molar-refractivity contribution >= 4 is 45.1 Å². The fourth-order valence-electron chi connectivity index (χ4n) is 3.44. The van der Waals surface area contributed by atoms with Gasteiger partial charge < -0.3 is 9.55 Å². The van der Waals surface area contributed by atoms with E-state index in [4.69, 9.17) is 0 Å². The zero-order valence-electron chi connectivity index (χ0n) is 14.9. The number of para-hydroxylation sites is 2. The summed E-state index contributed by atoms with van der Waals surface area (Å²) in [5.74, 6) is 0.350. The van der Waals surface area contributed by atoms with Gasteiger partial charge >= 0.3 is 0 Å². The van der Waals surface area contributed by atoms with Crippen molar-refractivity contribution < 1.29 is 0 Å². The molecule has 0 radical (unpaired) electrons. The van der Waals surface area contributed by atoms with Crippen LogP contribution in [-0.2, 0) is 7.05 Å². The number of fused-ring (bicyclic) bond motifs is 4. The summed E-state index contributed by atoms with van der Waals surface area (Å²) < 4.78 is 2.16. The molecule has 0 amide bonds. The molecule has 0 spiro atoms. The quantitative estimate of drug-likeness (QED) is 0.381. The Hall–Kier alpha value is -3.74. The van der Waals surface area contributed by atoms with E-state index in [2.05, 4.69) is 61.4 Å². The average molecular weight is 355 g/mol. The molecule has 0 saturated heterocycles. The van der Waals surface area contributed by atoms with Crippen LogP contribution in [0.1, 0.15) is 11.3 Å². The molecule has 0 aliphatic rings. The van der Waals surface area contributed by atoms with E-state index in [1.54, 1.807) is 6.21 Å². The van der Waals surface area contributed by atoms with Crippen LogP contribution in [0.25, 0.3) is 33.0 Å². The fraction of sp³-hybridized carbons (Fsp3) is 0.100. The highest BCUT2D eigenvalue weighted by molar-refractivity contribution is 6.03. The van der Waals surface area contributed by atoms with E-state index in [-0.39, 0.29) is 0 Å². The Bertz CT molecular complexity index is 1330. The molecule has 0 aliphatic carbocycles. The lowest BCUT2D eigenvalue weighted by Gasteiger charge is -1.98.